The molecule has 1 atom stereocenters. The van der Waals surface area contributed by atoms with E-state index in [4.69, 9.17) is 0 Å². The predicted molar refractivity (Wildman–Crippen MR) is 80.0 cm³/mol. The predicted octanol–water partition coefficient (Wildman–Crippen LogP) is 4.96. The highest BCUT2D eigenvalue weighted by atomic mass is 32.1. The zero-order valence-corrected chi connectivity index (χ0v) is 13.4. The first-order valence-corrected chi connectivity index (χ1v) is 7.54. The Bertz CT molecular complexity index is 376. The number of rotatable bonds is 4. The van der Waals surface area contributed by atoms with Crippen molar-refractivity contribution in [3.8, 4) is 0 Å². The Morgan fingerprint density at radius 3 is 2.22 bits per heavy atom. The minimum absolute atomic E-state index is 0.142. The second kappa shape index (κ2) is 5.56. The first-order valence-electron chi connectivity index (χ1n) is 6.66. The van der Waals surface area contributed by atoms with Crippen LogP contribution in [0.2, 0.25) is 0 Å². The van der Waals surface area contributed by atoms with E-state index in [1.54, 1.807) is 11.3 Å². The van der Waals surface area contributed by atoms with Crippen LogP contribution in [0, 0.1) is 16.7 Å². The van der Waals surface area contributed by atoms with Gasteiger partial charge >= 0.3 is 0 Å². The summed E-state index contributed by atoms with van der Waals surface area (Å²) in [7, 11) is 0. The van der Waals surface area contributed by atoms with Gasteiger partial charge in [0.15, 0.2) is 0 Å². The maximum absolute atomic E-state index is 12.6. The third kappa shape index (κ3) is 4.93. The van der Waals surface area contributed by atoms with E-state index in [-0.39, 0.29) is 16.7 Å². The highest BCUT2D eigenvalue weighted by molar-refractivity contribution is 7.09. The van der Waals surface area contributed by atoms with Gasteiger partial charge in [0.1, 0.15) is 5.78 Å². The summed E-state index contributed by atoms with van der Waals surface area (Å²) >= 11 is 1.75. The number of thiophene rings is 1. The molecule has 0 radical (unpaired) electrons. The van der Waals surface area contributed by atoms with Gasteiger partial charge in [-0.2, -0.15) is 0 Å². The van der Waals surface area contributed by atoms with Crippen LogP contribution in [0.4, 0.5) is 0 Å². The molecule has 0 fully saturated rings. The Morgan fingerprint density at radius 2 is 1.83 bits per heavy atom. The van der Waals surface area contributed by atoms with Gasteiger partial charge in [-0.05, 0) is 29.7 Å². The topological polar surface area (TPSA) is 17.1 Å². The maximum atomic E-state index is 12.6. The summed E-state index contributed by atoms with van der Waals surface area (Å²) in [6.45, 7) is 12.7. The van der Waals surface area contributed by atoms with Crippen molar-refractivity contribution in [3.63, 3.8) is 0 Å². The normalized spacial score (nSPS) is 14.6. The van der Waals surface area contributed by atoms with Crippen LogP contribution in [0.3, 0.4) is 0 Å². The Labute approximate surface area is 116 Å². The van der Waals surface area contributed by atoms with Gasteiger partial charge in [-0.1, -0.05) is 47.6 Å². The molecule has 0 aliphatic heterocycles. The van der Waals surface area contributed by atoms with Crippen molar-refractivity contribution in [2.75, 3.05) is 0 Å². The lowest BCUT2D eigenvalue weighted by Gasteiger charge is -2.29. The zero-order chi connectivity index (χ0) is 14.0. The summed E-state index contributed by atoms with van der Waals surface area (Å²) in [5.74, 6) is 0.537. The molecule has 18 heavy (non-hydrogen) atoms. The summed E-state index contributed by atoms with van der Waals surface area (Å²) in [6.07, 6.45) is 1.85. The first kappa shape index (κ1) is 15.4. The van der Waals surface area contributed by atoms with E-state index >= 15 is 0 Å². The van der Waals surface area contributed by atoms with Crippen molar-refractivity contribution < 1.29 is 4.79 Å². The standard InChI is InChI=1S/C16H26OS/c1-15(2,3)11-12(14(17)16(4,5)6)10-13-8-7-9-18-13/h7-9,12H,10-11H2,1-6H3/t12-/m1/s1. The van der Waals surface area contributed by atoms with E-state index in [0.29, 0.717) is 5.78 Å². The summed E-state index contributed by atoms with van der Waals surface area (Å²) in [6, 6.07) is 4.20. The molecule has 1 aromatic rings. The van der Waals surface area contributed by atoms with Crippen LogP contribution < -0.4 is 0 Å². The molecule has 0 aliphatic carbocycles. The van der Waals surface area contributed by atoms with Gasteiger partial charge in [0.05, 0.1) is 0 Å². The van der Waals surface area contributed by atoms with Crippen molar-refractivity contribution in [1.82, 2.24) is 0 Å². The van der Waals surface area contributed by atoms with Crippen LogP contribution in [0.25, 0.3) is 0 Å². The fourth-order valence-electron chi connectivity index (χ4n) is 2.28. The van der Waals surface area contributed by atoms with E-state index < -0.39 is 0 Å². The van der Waals surface area contributed by atoms with E-state index in [2.05, 4.69) is 38.3 Å². The quantitative estimate of drug-likeness (QED) is 0.753. The molecule has 1 rings (SSSR count). The second-order valence-corrected chi connectivity index (χ2v) is 8.39. The summed E-state index contributed by atoms with van der Waals surface area (Å²) < 4.78 is 0. The molecule has 0 bridgehead atoms. The number of hydrogen-bond donors (Lipinski definition) is 0. The van der Waals surface area contributed by atoms with Gasteiger partial charge < -0.3 is 0 Å². The molecule has 0 aromatic carbocycles. The molecule has 0 saturated heterocycles. The zero-order valence-electron chi connectivity index (χ0n) is 12.5. The lowest BCUT2D eigenvalue weighted by molar-refractivity contribution is -0.131. The Morgan fingerprint density at radius 1 is 1.22 bits per heavy atom. The second-order valence-electron chi connectivity index (χ2n) is 7.36. The number of ketones is 1. The van der Waals surface area contributed by atoms with Gasteiger partial charge in [0.25, 0.3) is 0 Å². The van der Waals surface area contributed by atoms with E-state index in [1.165, 1.54) is 4.88 Å². The molecule has 102 valence electrons. The smallest absolute Gasteiger partial charge is 0.141 e. The van der Waals surface area contributed by atoms with Gasteiger partial charge in [-0.25, -0.2) is 0 Å². The minimum Gasteiger partial charge on any atom is -0.299 e. The molecule has 0 saturated carbocycles. The lowest BCUT2D eigenvalue weighted by Crippen LogP contribution is -2.32. The number of carbonyl (C=O) groups excluding carboxylic acids is 1. The van der Waals surface area contributed by atoms with Gasteiger partial charge in [0.2, 0.25) is 0 Å². The van der Waals surface area contributed by atoms with E-state index in [1.807, 2.05) is 20.8 Å². The minimum atomic E-state index is -0.243. The van der Waals surface area contributed by atoms with Crippen molar-refractivity contribution in [1.29, 1.82) is 0 Å². The first-order chi connectivity index (χ1) is 8.09. The van der Waals surface area contributed by atoms with Crippen molar-refractivity contribution in [2.24, 2.45) is 16.7 Å². The van der Waals surface area contributed by atoms with E-state index in [9.17, 15) is 4.79 Å². The van der Waals surface area contributed by atoms with Crippen LogP contribution in [0.5, 0.6) is 0 Å². The van der Waals surface area contributed by atoms with Gasteiger partial charge in [-0.3, -0.25) is 4.79 Å². The maximum Gasteiger partial charge on any atom is 0.141 e. The molecular weight excluding hydrogens is 240 g/mol. The molecule has 0 N–H and O–H groups in total. The molecule has 2 heteroatoms. The van der Waals surface area contributed by atoms with Gasteiger partial charge in [0, 0.05) is 16.2 Å². The SMILES string of the molecule is CC(C)(C)C[C@@H](Cc1cccs1)C(=O)C(C)(C)C. The van der Waals surface area contributed by atoms with Crippen LogP contribution in [0.15, 0.2) is 17.5 Å². The van der Waals surface area contributed by atoms with Crippen LogP contribution in [-0.2, 0) is 11.2 Å². The fraction of sp³-hybridized carbons (Fsp3) is 0.688. The average molecular weight is 266 g/mol. The molecule has 0 unspecified atom stereocenters. The fourth-order valence-corrected chi connectivity index (χ4v) is 3.07. The lowest BCUT2D eigenvalue weighted by atomic mass is 9.74. The molecule has 0 spiro atoms. The Balaban J connectivity index is 2.85. The average Bonchev–Trinajstić information content (AvgIpc) is 2.64. The molecule has 0 amide bonds. The molecule has 0 aliphatic rings. The number of carbonyl (C=O) groups is 1. The van der Waals surface area contributed by atoms with Crippen LogP contribution >= 0.6 is 11.3 Å². The molecular formula is C16H26OS. The van der Waals surface area contributed by atoms with Crippen molar-refractivity contribution in [3.05, 3.63) is 22.4 Å². The highest BCUT2D eigenvalue weighted by Crippen LogP contribution is 2.33. The molecule has 1 heterocycles. The summed E-state index contributed by atoms with van der Waals surface area (Å²) in [5, 5.41) is 2.09. The van der Waals surface area contributed by atoms with Crippen LogP contribution in [-0.4, -0.2) is 5.78 Å². The Hall–Kier alpha value is -0.630. The Kier molecular flexibility index (Phi) is 4.77. The highest BCUT2D eigenvalue weighted by Gasteiger charge is 2.32. The number of Topliss-reactive ketones (excluding diaryl/α,β-unsaturated/α-hetero) is 1. The largest absolute Gasteiger partial charge is 0.299 e. The van der Waals surface area contributed by atoms with Crippen molar-refractivity contribution >= 4 is 17.1 Å². The summed E-state index contributed by atoms with van der Waals surface area (Å²) in [5.41, 5.74) is -0.0456. The molecule has 1 aromatic heterocycles. The third-order valence-electron chi connectivity index (χ3n) is 3.00. The number of hydrogen-bond acceptors (Lipinski definition) is 2. The van der Waals surface area contributed by atoms with Crippen LogP contribution in [0.1, 0.15) is 52.8 Å². The summed E-state index contributed by atoms with van der Waals surface area (Å²) in [4.78, 5) is 13.9. The van der Waals surface area contributed by atoms with Gasteiger partial charge in [-0.15, -0.1) is 11.3 Å². The van der Waals surface area contributed by atoms with Crippen molar-refractivity contribution in [2.45, 2.75) is 54.4 Å². The third-order valence-corrected chi connectivity index (χ3v) is 3.90. The van der Waals surface area contributed by atoms with E-state index in [0.717, 1.165) is 12.8 Å². The monoisotopic (exact) mass is 266 g/mol. The molecule has 1 nitrogen and oxygen atoms in total.